The number of aliphatic imine (C=N–C) groups is 1. The lowest BCUT2D eigenvalue weighted by molar-refractivity contribution is 0.0809. The molecule has 26 nitrogen and oxygen atoms in total. The van der Waals surface area contributed by atoms with Crippen molar-refractivity contribution in [1.82, 2.24) is 69.5 Å². The van der Waals surface area contributed by atoms with Crippen LogP contribution in [0.5, 0.6) is 11.8 Å². The molecular weight excluding hydrogens is 1730 g/mol. The summed E-state index contributed by atoms with van der Waals surface area (Å²) in [5, 5.41) is 11.4. The van der Waals surface area contributed by atoms with Gasteiger partial charge in [-0.05, 0) is 246 Å². The number of carbonyl (C=O) groups is 4. The summed E-state index contributed by atoms with van der Waals surface area (Å²) in [4.78, 5) is 117. The molecule has 1 saturated carbocycles. The molecule has 4 aromatic carbocycles. The number of hydrogen-bond acceptors (Lipinski definition) is 30. The van der Waals surface area contributed by atoms with Crippen molar-refractivity contribution in [3.05, 3.63) is 271 Å². The zero-order valence-corrected chi connectivity index (χ0v) is 77.6. The van der Waals surface area contributed by atoms with Crippen LogP contribution in [0.25, 0.3) is 80.0 Å². The Morgan fingerprint density at radius 2 is 0.803 bits per heavy atom. The molecule has 0 amide bonds. The molecule has 672 valence electrons. The van der Waals surface area contributed by atoms with E-state index < -0.39 is 0 Å². The molecule has 15 heterocycles. The molecule has 3 saturated heterocycles. The number of nitrogen functional groups attached to an aromatic ring is 3. The summed E-state index contributed by atoms with van der Waals surface area (Å²) in [5.74, 6) is 2.60. The Hall–Kier alpha value is -13.1. The molecule has 0 bridgehead atoms. The van der Waals surface area contributed by atoms with Crippen LogP contribution in [0, 0.1) is 0 Å². The minimum absolute atomic E-state index is 0.00547. The van der Waals surface area contributed by atoms with Gasteiger partial charge in [-0.3, -0.25) is 39.1 Å². The molecule has 0 radical (unpaired) electrons. The van der Waals surface area contributed by atoms with E-state index in [2.05, 4.69) is 145 Å². The molecule has 0 spiro atoms. The first-order chi connectivity index (χ1) is 64.1. The van der Waals surface area contributed by atoms with Gasteiger partial charge in [-0.25, -0.2) is 39.9 Å². The van der Waals surface area contributed by atoms with Gasteiger partial charge < -0.3 is 52.0 Å². The highest BCUT2D eigenvalue weighted by Crippen LogP contribution is 2.37. The zero-order valence-electron chi connectivity index (χ0n) is 74.4. The lowest BCUT2D eigenvalue weighted by Gasteiger charge is -2.35. The molecule has 132 heavy (non-hydrogen) atoms. The Kier molecular flexibility index (Phi) is 28.9. The van der Waals surface area contributed by atoms with Crippen molar-refractivity contribution in [2.75, 3.05) is 82.5 Å². The first kappa shape index (κ1) is 90.8. The van der Waals surface area contributed by atoms with E-state index >= 15 is 0 Å². The van der Waals surface area contributed by atoms with E-state index in [0.717, 1.165) is 210 Å². The fraction of sp³-hybridized carbons (Fsp3) is 0.294. The fourth-order valence-corrected chi connectivity index (χ4v) is 19.8. The van der Waals surface area contributed by atoms with Crippen molar-refractivity contribution in [1.29, 1.82) is 0 Å². The standard InChI is InChI=1S/C27H29N5O2S.C26H28N6OS.C26H27N5OS.C23H20N4O2S/c1-17(2)32-9-6-23(7-10-32)34-26-13-18(5-8-29-26)24(33)14-22-12-21-11-19(3-4-20(21)15-30-22)25-16-31-27(28)35-25;1-31-9-6-22(7-10-31)32(2)25-13-17(5-8-28-25)23(33)14-21-12-20-11-18(3-4-19(20)15-29-21)24-16-30-26(27)34-24;1-31-8-5-23(6-9-31)33-26-13-18(4-7-28-26)24(32)14-22-11-20-10-17(2-3-19(20)15-29-22)21-12-25(27)30-16-21;24-23-27-13-21(30-23)15-4-5-16-12-26-18(9-17(16)8-15)11-20(28)14-6-7-25-22(10-14)29-19-2-1-3-19/h3-5,8,11-13,15-17,23H,6-7,9-10,14H2,1-2H3,(H2,28,31);3-5,8,11-13,15-16,22H,6-7,9-10,14H2,1-2H3,(H2,27,30);2-4,7,10-11,13,15-16,23H,5-6,8-9,12,14H2,1H3,(H2,27,30);4-10,12-13,19H,1-3,11H2,(H2,24,27). The van der Waals surface area contributed by atoms with E-state index in [9.17, 15) is 19.2 Å². The summed E-state index contributed by atoms with van der Waals surface area (Å²) in [5.41, 5.74) is 34.0. The number of ether oxygens (including phenoxy) is 2. The topological polar surface area (TPSA) is 358 Å². The number of aromatic nitrogens is 11. The number of anilines is 4. The maximum Gasteiger partial charge on any atom is 0.214 e. The minimum atomic E-state index is -0.00916. The van der Waals surface area contributed by atoms with Crippen LogP contribution < -0.4 is 37.3 Å². The third-order valence-corrected chi connectivity index (χ3v) is 28.6. The SMILES string of the molecule is CC(C)N1CCC(Oc2cc(C(=O)Cc3cc4cc(-c5cnc(N)s5)ccc4cn3)ccn2)CC1.CN1CCC(N(C)c2cc(C(=O)Cc3cc4cc(-c5cnc(N)s5)ccc4cn3)ccn2)CC1.CN1CCC(Sc2cc(C(=O)Cc3cc4cc(C5=CN=C(N)C5)ccc4cn3)ccn2)CC1.Nc1ncc(-c2ccc3cnc(CC(=O)c4ccnc(OC5CCC5)c4)cc3c2)s1. The number of amidine groups is 1. The van der Waals surface area contributed by atoms with Crippen LogP contribution in [0.1, 0.15) is 148 Å². The number of carbonyl (C=O) groups excluding carboxylic acids is 4. The van der Waals surface area contributed by atoms with Crippen LogP contribution >= 0.6 is 45.8 Å². The van der Waals surface area contributed by atoms with E-state index in [1.807, 2.05) is 104 Å². The number of nitrogens with two attached hydrogens (primary N) is 4. The number of Topliss-reactive ketones (excluding diaryl/α,β-unsaturated/α-hetero) is 4. The summed E-state index contributed by atoms with van der Waals surface area (Å²) in [6.45, 7) is 10.9. The van der Waals surface area contributed by atoms with E-state index in [-0.39, 0.29) is 61.0 Å². The minimum Gasteiger partial charge on any atom is -0.474 e. The largest absolute Gasteiger partial charge is 0.474 e. The number of benzene rings is 4. The number of nitrogens with zero attached hydrogens (tertiary/aromatic N) is 16. The van der Waals surface area contributed by atoms with E-state index in [4.69, 9.17) is 32.4 Å². The fourth-order valence-electron chi connectivity index (χ4n) is 16.7. The lowest BCUT2D eigenvalue weighted by Crippen LogP contribution is -2.42. The Labute approximate surface area is 782 Å². The van der Waals surface area contributed by atoms with Crippen molar-refractivity contribution in [3.8, 4) is 43.1 Å². The normalized spacial score (nSPS) is 15.3. The highest BCUT2D eigenvalue weighted by atomic mass is 32.2. The van der Waals surface area contributed by atoms with Gasteiger partial charge in [0.05, 0.1) is 45.3 Å². The van der Waals surface area contributed by atoms with Gasteiger partial charge in [-0.15, -0.1) is 11.8 Å². The molecule has 20 rings (SSSR count). The highest BCUT2D eigenvalue weighted by molar-refractivity contribution is 7.99. The van der Waals surface area contributed by atoms with Gasteiger partial charge in [0.2, 0.25) is 11.8 Å². The number of thioether (sulfide) groups is 1. The summed E-state index contributed by atoms with van der Waals surface area (Å²) >= 11 is 6.16. The highest BCUT2D eigenvalue weighted by Gasteiger charge is 2.28. The number of hydrogen-bond donors (Lipinski definition) is 4. The van der Waals surface area contributed by atoms with Crippen LogP contribution in [0.4, 0.5) is 21.2 Å². The summed E-state index contributed by atoms with van der Waals surface area (Å²) in [7, 11) is 6.40. The van der Waals surface area contributed by atoms with Crippen LogP contribution in [0.3, 0.4) is 0 Å². The first-order valence-electron chi connectivity index (χ1n) is 44.6. The summed E-state index contributed by atoms with van der Waals surface area (Å²) < 4.78 is 11.9. The van der Waals surface area contributed by atoms with Crippen molar-refractivity contribution in [2.24, 2.45) is 10.7 Å². The van der Waals surface area contributed by atoms with Crippen molar-refractivity contribution in [3.63, 3.8) is 0 Å². The number of pyridine rings is 8. The van der Waals surface area contributed by atoms with Gasteiger partial charge in [-0.1, -0.05) is 82.5 Å². The predicted molar refractivity (Wildman–Crippen MR) is 531 cm³/mol. The molecule has 8 N–H and O–H groups in total. The van der Waals surface area contributed by atoms with Crippen molar-refractivity contribution < 1.29 is 28.7 Å². The second-order valence-corrected chi connectivity index (χ2v) is 38.9. The van der Waals surface area contributed by atoms with Crippen LogP contribution in [0.15, 0.2) is 230 Å². The van der Waals surface area contributed by atoms with Gasteiger partial charge in [0, 0.05) is 197 Å². The molecule has 0 atom stereocenters. The summed E-state index contributed by atoms with van der Waals surface area (Å²) in [6.07, 6.45) is 32.9. The maximum absolute atomic E-state index is 13.1. The molecule has 5 aliphatic rings. The molecule has 1 aliphatic carbocycles. The quantitative estimate of drug-likeness (QED) is 0.0386. The zero-order chi connectivity index (χ0) is 91.3. The number of likely N-dealkylation sites (tertiary alicyclic amines) is 3. The van der Waals surface area contributed by atoms with Gasteiger partial charge in [0.15, 0.2) is 38.5 Å². The average molecular weight is 1830 g/mol. The Morgan fingerprint density at radius 3 is 1.20 bits per heavy atom. The lowest BCUT2D eigenvalue weighted by atomic mass is 9.96. The van der Waals surface area contributed by atoms with Gasteiger partial charge in [0.25, 0.3) is 0 Å². The molecule has 4 fully saturated rings. The summed E-state index contributed by atoms with van der Waals surface area (Å²) in [6, 6.07) is 48.0. The van der Waals surface area contributed by atoms with Gasteiger partial charge in [-0.2, -0.15) is 0 Å². The molecule has 4 aliphatic heterocycles. The van der Waals surface area contributed by atoms with Gasteiger partial charge in [0.1, 0.15) is 23.9 Å². The van der Waals surface area contributed by atoms with E-state index in [1.54, 1.807) is 97.7 Å². The van der Waals surface area contributed by atoms with Crippen molar-refractivity contribution in [2.45, 2.75) is 138 Å². The maximum atomic E-state index is 13.1. The third kappa shape index (κ3) is 23.4. The smallest absolute Gasteiger partial charge is 0.214 e. The average Bonchev–Trinajstić information content (AvgIpc) is 1.62. The van der Waals surface area contributed by atoms with Crippen LogP contribution in [-0.2, 0) is 25.7 Å². The molecule has 0 unspecified atom stereocenters. The van der Waals surface area contributed by atoms with Crippen LogP contribution in [0.2, 0.25) is 0 Å². The molecular formula is C102H104N20O6S4. The van der Waals surface area contributed by atoms with Gasteiger partial charge >= 0.3 is 0 Å². The van der Waals surface area contributed by atoms with E-state index in [1.165, 1.54) is 40.4 Å². The number of ketones is 4. The third-order valence-electron chi connectivity index (χ3n) is 24.7. The molecule has 30 heteroatoms. The number of rotatable bonds is 25. The van der Waals surface area contributed by atoms with Crippen LogP contribution in [-0.4, -0.2) is 188 Å². The predicted octanol–water partition coefficient (Wildman–Crippen LogP) is 18.3. The number of fused-ring (bicyclic) bond motifs is 4. The molecule has 11 aromatic heterocycles. The monoisotopic (exact) mass is 1830 g/mol. The Morgan fingerprint density at radius 1 is 0.417 bits per heavy atom. The molecule has 15 aromatic rings. The Bertz CT molecular complexity index is 6770. The van der Waals surface area contributed by atoms with E-state index in [0.29, 0.717) is 79.0 Å². The number of piperidine rings is 3. The second kappa shape index (κ2) is 42.0. The Balaban J connectivity index is 0.000000123. The second-order valence-electron chi connectivity index (χ2n) is 34.4. The number of thiazole rings is 3. The van der Waals surface area contributed by atoms with Crippen molar-refractivity contribution >= 4 is 145 Å². The first-order valence-corrected chi connectivity index (χ1v) is 47.9.